The summed E-state index contributed by atoms with van der Waals surface area (Å²) in [6, 6.07) is 19.0. The molecule has 0 unspecified atom stereocenters. The van der Waals surface area contributed by atoms with Gasteiger partial charge in [-0.15, -0.1) is 0 Å². The van der Waals surface area contributed by atoms with E-state index in [1.54, 1.807) is 18.2 Å². The Morgan fingerprint density at radius 3 is 1.90 bits per heavy atom. The fourth-order valence-electron chi connectivity index (χ4n) is 3.10. The number of hydrogen-bond donors (Lipinski definition) is 0. The van der Waals surface area contributed by atoms with Crippen LogP contribution in [0, 0.1) is 0 Å². The zero-order valence-electron chi connectivity index (χ0n) is 15.8. The van der Waals surface area contributed by atoms with Crippen LogP contribution < -0.4 is 0 Å². The molecule has 9 heteroatoms. The summed E-state index contributed by atoms with van der Waals surface area (Å²) < 4.78 is 55.8. The fraction of sp³-hybridized carbons (Fsp3) is 0. The maximum Gasteiger partial charge on any atom is 0.282 e. The molecule has 0 atom stereocenters. The van der Waals surface area contributed by atoms with Gasteiger partial charge in [0.1, 0.15) is 4.91 Å². The van der Waals surface area contributed by atoms with E-state index >= 15 is 0 Å². The van der Waals surface area contributed by atoms with Crippen LogP contribution in [-0.4, -0.2) is 28.3 Å². The van der Waals surface area contributed by atoms with Gasteiger partial charge in [-0.2, -0.15) is 12.8 Å². The third-order valence-electron chi connectivity index (χ3n) is 4.61. The van der Waals surface area contributed by atoms with E-state index < -0.39 is 30.5 Å². The molecular weight excluding hydrogens is 458 g/mol. The van der Waals surface area contributed by atoms with Gasteiger partial charge in [0.05, 0.1) is 15.5 Å². The molecule has 0 bridgehead atoms. The Morgan fingerprint density at radius 2 is 1.26 bits per heavy atom. The lowest BCUT2D eigenvalue weighted by molar-refractivity contribution is 0.104. The average molecular weight is 472 g/mol. The number of rotatable bonds is 4. The van der Waals surface area contributed by atoms with E-state index in [-0.39, 0.29) is 26.6 Å². The van der Waals surface area contributed by atoms with Crippen molar-refractivity contribution in [2.45, 2.75) is 9.79 Å². The van der Waals surface area contributed by atoms with Gasteiger partial charge >= 0.3 is 0 Å². The van der Waals surface area contributed by atoms with Crippen LogP contribution in [0.4, 0.5) is 0 Å². The number of Topliss-reactive ketones (excluding diaryl/α,β-unsaturated/α-hetero) is 1. The molecule has 0 aromatic heterocycles. The van der Waals surface area contributed by atoms with E-state index in [4.69, 9.17) is 11.6 Å². The fourth-order valence-corrected chi connectivity index (χ4v) is 5.61. The van der Waals surface area contributed by atoms with Gasteiger partial charge in [0.25, 0.3) is 10.0 Å². The third-order valence-corrected chi connectivity index (χ3v) is 7.94. The molecule has 6 nitrogen and oxygen atoms in total. The van der Waals surface area contributed by atoms with Crippen LogP contribution in [0.5, 0.6) is 0 Å². The molecular formula is C22H14ClNO5S2. The number of halogens is 1. The van der Waals surface area contributed by atoms with E-state index in [0.29, 0.717) is 5.02 Å². The summed E-state index contributed by atoms with van der Waals surface area (Å²) in [4.78, 5) is 12.3. The van der Waals surface area contributed by atoms with Crippen molar-refractivity contribution in [1.29, 1.82) is 0 Å². The number of sulfone groups is 1. The summed E-state index contributed by atoms with van der Waals surface area (Å²) >= 11 is 5.82. The summed E-state index contributed by atoms with van der Waals surface area (Å²) in [5, 5.41) is 0.358. The average Bonchev–Trinajstić information content (AvgIpc) is 2.76. The largest absolute Gasteiger partial charge is 0.288 e. The number of fused-ring (bicyclic) bond motifs is 1. The first-order valence-corrected chi connectivity index (χ1v) is 12.3. The van der Waals surface area contributed by atoms with Crippen LogP contribution in [0.3, 0.4) is 0 Å². The second kappa shape index (κ2) is 7.88. The maximum atomic E-state index is 13.1. The predicted molar refractivity (Wildman–Crippen MR) is 118 cm³/mol. The molecule has 0 saturated carbocycles. The predicted octanol–water partition coefficient (Wildman–Crippen LogP) is 4.07. The molecule has 0 saturated heterocycles. The highest BCUT2D eigenvalue weighted by Crippen LogP contribution is 2.30. The van der Waals surface area contributed by atoms with Crippen molar-refractivity contribution in [2.24, 2.45) is 4.40 Å². The molecule has 0 aliphatic heterocycles. The molecule has 1 aliphatic rings. The smallest absolute Gasteiger partial charge is 0.282 e. The first-order valence-electron chi connectivity index (χ1n) is 8.97. The number of sulfonamides is 1. The van der Waals surface area contributed by atoms with Gasteiger partial charge in [-0.1, -0.05) is 54.1 Å². The Hall–Kier alpha value is -3.07. The standard InChI is InChI=1S/C22H14ClNO5S2/c23-15-10-12-17(13-11-15)31(28,29)24-20-14-21(22(25)19-9-5-4-8-18(19)20)30(26,27)16-6-2-1-3-7-16/h1-14H. The lowest BCUT2D eigenvalue weighted by Crippen LogP contribution is -2.23. The zero-order chi connectivity index (χ0) is 22.2. The van der Waals surface area contributed by atoms with E-state index in [1.807, 2.05) is 0 Å². The van der Waals surface area contributed by atoms with Gasteiger partial charge < -0.3 is 0 Å². The van der Waals surface area contributed by atoms with Crippen LogP contribution in [-0.2, 0) is 19.9 Å². The molecule has 0 spiro atoms. The first-order chi connectivity index (χ1) is 14.7. The second-order valence-corrected chi connectivity index (χ2v) is 10.6. The van der Waals surface area contributed by atoms with Crippen LogP contribution in [0.1, 0.15) is 15.9 Å². The minimum atomic E-state index is -4.19. The maximum absolute atomic E-state index is 13.1. The summed E-state index contributed by atoms with van der Waals surface area (Å²) in [6.07, 6.45) is 1.01. The number of nitrogens with zero attached hydrogens (tertiary/aromatic N) is 1. The van der Waals surface area contributed by atoms with Crippen molar-refractivity contribution in [3.05, 3.63) is 106 Å². The molecule has 3 aromatic rings. The Labute approximate surface area is 184 Å². The highest BCUT2D eigenvalue weighted by molar-refractivity contribution is 7.96. The van der Waals surface area contributed by atoms with E-state index in [9.17, 15) is 21.6 Å². The molecule has 3 aromatic carbocycles. The Balaban J connectivity index is 1.93. The monoisotopic (exact) mass is 471 g/mol. The molecule has 0 heterocycles. The van der Waals surface area contributed by atoms with Crippen molar-refractivity contribution in [3.63, 3.8) is 0 Å². The van der Waals surface area contributed by atoms with Crippen LogP contribution in [0.2, 0.25) is 5.02 Å². The summed E-state index contributed by atoms with van der Waals surface area (Å²) in [6.45, 7) is 0. The third kappa shape index (κ3) is 3.97. The normalized spacial score (nSPS) is 15.5. The number of allylic oxidation sites excluding steroid dienone is 2. The number of carbonyl (C=O) groups is 1. The number of benzene rings is 3. The lowest BCUT2D eigenvalue weighted by Gasteiger charge is -2.17. The van der Waals surface area contributed by atoms with Gasteiger partial charge in [-0.05, 0) is 42.5 Å². The van der Waals surface area contributed by atoms with Crippen molar-refractivity contribution in [3.8, 4) is 0 Å². The van der Waals surface area contributed by atoms with E-state index in [2.05, 4.69) is 4.40 Å². The van der Waals surface area contributed by atoms with Crippen molar-refractivity contribution < 1.29 is 21.6 Å². The molecule has 0 radical (unpaired) electrons. The van der Waals surface area contributed by atoms with Crippen LogP contribution in [0.25, 0.3) is 0 Å². The second-order valence-electron chi connectivity index (χ2n) is 6.61. The summed E-state index contributed by atoms with van der Waals surface area (Å²) in [7, 11) is -8.39. The molecule has 4 rings (SSSR count). The van der Waals surface area contributed by atoms with Crippen molar-refractivity contribution in [1.82, 2.24) is 0 Å². The molecule has 0 fully saturated rings. The number of carbonyl (C=O) groups excluding carboxylic acids is 1. The van der Waals surface area contributed by atoms with Crippen LogP contribution >= 0.6 is 11.6 Å². The molecule has 0 N–H and O–H groups in total. The van der Waals surface area contributed by atoms with E-state index in [1.165, 1.54) is 60.7 Å². The molecule has 0 amide bonds. The van der Waals surface area contributed by atoms with Gasteiger partial charge in [0, 0.05) is 16.1 Å². The Bertz CT molecular complexity index is 1460. The topological polar surface area (TPSA) is 97.7 Å². The summed E-state index contributed by atoms with van der Waals surface area (Å²) in [5.74, 6) is -0.720. The minimum Gasteiger partial charge on any atom is -0.288 e. The minimum absolute atomic E-state index is 0.0598. The summed E-state index contributed by atoms with van der Waals surface area (Å²) in [5.41, 5.74) is 0.154. The quantitative estimate of drug-likeness (QED) is 0.571. The number of hydrogen-bond acceptors (Lipinski definition) is 5. The van der Waals surface area contributed by atoms with Crippen molar-refractivity contribution in [2.75, 3.05) is 0 Å². The zero-order valence-corrected chi connectivity index (χ0v) is 18.2. The van der Waals surface area contributed by atoms with Gasteiger partial charge in [-0.25, -0.2) is 8.42 Å². The lowest BCUT2D eigenvalue weighted by atomic mass is 9.94. The van der Waals surface area contributed by atoms with Crippen LogP contribution in [0.15, 0.2) is 104 Å². The van der Waals surface area contributed by atoms with Crippen molar-refractivity contribution >= 4 is 43.0 Å². The van der Waals surface area contributed by atoms with Gasteiger partial charge in [-0.3, -0.25) is 4.79 Å². The van der Waals surface area contributed by atoms with E-state index in [0.717, 1.165) is 6.08 Å². The van der Waals surface area contributed by atoms with Gasteiger partial charge in [0.2, 0.25) is 15.6 Å². The first kappa shape index (κ1) is 21.2. The number of ketones is 1. The molecule has 31 heavy (non-hydrogen) atoms. The Kier molecular flexibility index (Phi) is 5.38. The highest BCUT2D eigenvalue weighted by atomic mass is 35.5. The SMILES string of the molecule is O=C1C(S(=O)(=O)c2ccccc2)=CC(=NS(=O)(=O)c2ccc(Cl)cc2)c2ccccc21. The Morgan fingerprint density at radius 1 is 0.677 bits per heavy atom. The van der Waals surface area contributed by atoms with Gasteiger partial charge in [0.15, 0.2) is 0 Å². The molecule has 1 aliphatic carbocycles. The molecule has 156 valence electrons. The highest BCUT2D eigenvalue weighted by Gasteiger charge is 2.34.